The molecule has 0 atom stereocenters. The maximum Gasteiger partial charge on any atom is 0.272 e. The Balaban J connectivity index is 2.12. The maximum atomic E-state index is 11.9. The molecule has 1 aliphatic rings. The van der Waals surface area contributed by atoms with Crippen LogP contribution in [0.2, 0.25) is 0 Å². The van der Waals surface area contributed by atoms with Crippen LogP contribution in [0.3, 0.4) is 0 Å². The number of carbonyl (C=O) groups is 1. The molecule has 1 saturated heterocycles. The van der Waals surface area contributed by atoms with E-state index in [0.717, 1.165) is 5.69 Å². The third-order valence-electron chi connectivity index (χ3n) is 2.32. The average Bonchev–Trinajstić information content (AvgIpc) is 2.29. The molecule has 2 rings (SSSR count). The molecule has 0 unspecified atom stereocenters. The SMILES string of the molecule is Cc1cc(C(=O)N2CCOCC2)ncn1. The van der Waals surface area contributed by atoms with Crippen molar-refractivity contribution in [2.75, 3.05) is 26.3 Å². The van der Waals surface area contributed by atoms with Gasteiger partial charge < -0.3 is 9.64 Å². The van der Waals surface area contributed by atoms with Crippen molar-refractivity contribution in [2.24, 2.45) is 0 Å². The van der Waals surface area contributed by atoms with E-state index in [1.54, 1.807) is 11.0 Å². The van der Waals surface area contributed by atoms with Crippen LogP contribution in [0.4, 0.5) is 0 Å². The molecule has 0 aromatic carbocycles. The summed E-state index contributed by atoms with van der Waals surface area (Å²) in [6.45, 7) is 4.34. The number of nitrogens with zero attached hydrogens (tertiary/aromatic N) is 3. The fourth-order valence-corrected chi connectivity index (χ4v) is 1.50. The summed E-state index contributed by atoms with van der Waals surface area (Å²) in [5.41, 5.74) is 1.27. The summed E-state index contributed by atoms with van der Waals surface area (Å²) in [4.78, 5) is 21.6. The number of carbonyl (C=O) groups excluding carboxylic acids is 1. The van der Waals surface area contributed by atoms with Gasteiger partial charge in [-0.25, -0.2) is 9.97 Å². The number of rotatable bonds is 1. The predicted octanol–water partition coefficient (Wildman–Crippen LogP) is 0.257. The smallest absolute Gasteiger partial charge is 0.272 e. The monoisotopic (exact) mass is 207 g/mol. The van der Waals surface area contributed by atoms with Gasteiger partial charge in [0.15, 0.2) is 0 Å². The Morgan fingerprint density at radius 2 is 2.13 bits per heavy atom. The lowest BCUT2D eigenvalue weighted by molar-refractivity contribution is 0.0299. The van der Waals surface area contributed by atoms with Gasteiger partial charge >= 0.3 is 0 Å². The van der Waals surface area contributed by atoms with E-state index in [1.165, 1.54) is 6.33 Å². The molecule has 1 fully saturated rings. The van der Waals surface area contributed by atoms with Gasteiger partial charge in [-0.1, -0.05) is 0 Å². The van der Waals surface area contributed by atoms with Crippen LogP contribution < -0.4 is 0 Å². The van der Waals surface area contributed by atoms with E-state index >= 15 is 0 Å². The number of ether oxygens (including phenoxy) is 1. The highest BCUT2D eigenvalue weighted by Gasteiger charge is 2.19. The molecule has 0 N–H and O–H groups in total. The van der Waals surface area contributed by atoms with Crippen LogP contribution in [0.15, 0.2) is 12.4 Å². The summed E-state index contributed by atoms with van der Waals surface area (Å²) >= 11 is 0. The summed E-state index contributed by atoms with van der Waals surface area (Å²) in [6, 6.07) is 1.71. The minimum atomic E-state index is -0.0381. The first-order valence-corrected chi connectivity index (χ1v) is 4.93. The molecule has 2 heterocycles. The molecule has 0 bridgehead atoms. The van der Waals surface area contributed by atoms with Crippen LogP contribution in [-0.4, -0.2) is 47.1 Å². The zero-order chi connectivity index (χ0) is 10.7. The van der Waals surface area contributed by atoms with E-state index in [4.69, 9.17) is 4.74 Å². The Morgan fingerprint density at radius 1 is 1.40 bits per heavy atom. The van der Waals surface area contributed by atoms with Crippen molar-refractivity contribution in [1.82, 2.24) is 14.9 Å². The van der Waals surface area contributed by atoms with Gasteiger partial charge in [-0.3, -0.25) is 4.79 Å². The van der Waals surface area contributed by atoms with Crippen molar-refractivity contribution < 1.29 is 9.53 Å². The first-order valence-electron chi connectivity index (χ1n) is 4.93. The summed E-state index contributed by atoms with van der Waals surface area (Å²) in [7, 11) is 0. The Kier molecular flexibility index (Phi) is 2.91. The molecule has 15 heavy (non-hydrogen) atoms. The van der Waals surface area contributed by atoms with Crippen LogP contribution in [0, 0.1) is 6.92 Å². The van der Waals surface area contributed by atoms with Gasteiger partial charge in [0.2, 0.25) is 0 Å². The van der Waals surface area contributed by atoms with E-state index < -0.39 is 0 Å². The lowest BCUT2D eigenvalue weighted by Gasteiger charge is -2.26. The second-order valence-electron chi connectivity index (χ2n) is 3.45. The Labute approximate surface area is 88.1 Å². The zero-order valence-corrected chi connectivity index (χ0v) is 8.64. The van der Waals surface area contributed by atoms with E-state index in [9.17, 15) is 4.79 Å². The van der Waals surface area contributed by atoms with Crippen LogP contribution in [-0.2, 0) is 4.74 Å². The average molecular weight is 207 g/mol. The predicted molar refractivity (Wildman–Crippen MR) is 53.5 cm³/mol. The van der Waals surface area contributed by atoms with E-state index in [-0.39, 0.29) is 5.91 Å². The minimum absolute atomic E-state index is 0.0381. The molecule has 0 aliphatic carbocycles. The van der Waals surface area contributed by atoms with Gasteiger partial charge in [-0.2, -0.15) is 0 Å². The molecule has 5 nitrogen and oxygen atoms in total. The molecule has 1 aromatic heterocycles. The lowest BCUT2D eigenvalue weighted by Crippen LogP contribution is -2.41. The number of amides is 1. The number of hydrogen-bond donors (Lipinski definition) is 0. The highest BCUT2D eigenvalue weighted by atomic mass is 16.5. The van der Waals surface area contributed by atoms with Crippen molar-refractivity contribution in [3.63, 3.8) is 0 Å². The van der Waals surface area contributed by atoms with Crippen LogP contribution in [0.1, 0.15) is 16.2 Å². The van der Waals surface area contributed by atoms with Crippen molar-refractivity contribution in [1.29, 1.82) is 0 Å². The van der Waals surface area contributed by atoms with Crippen molar-refractivity contribution in [3.05, 3.63) is 23.8 Å². The largest absolute Gasteiger partial charge is 0.378 e. The maximum absolute atomic E-state index is 11.9. The third kappa shape index (κ3) is 2.30. The van der Waals surface area contributed by atoms with E-state index in [0.29, 0.717) is 32.0 Å². The number of hydrogen-bond acceptors (Lipinski definition) is 4. The fourth-order valence-electron chi connectivity index (χ4n) is 1.50. The molecule has 80 valence electrons. The van der Waals surface area contributed by atoms with Gasteiger partial charge in [-0.15, -0.1) is 0 Å². The minimum Gasteiger partial charge on any atom is -0.378 e. The van der Waals surface area contributed by atoms with Gasteiger partial charge in [0.05, 0.1) is 13.2 Å². The number of aryl methyl sites for hydroxylation is 1. The lowest BCUT2D eigenvalue weighted by atomic mass is 10.3. The molecule has 0 saturated carbocycles. The summed E-state index contributed by atoms with van der Waals surface area (Å²) in [5.74, 6) is -0.0381. The second-order valence-corrected chi connectivity index (χ2v) is 3.45. The molecule has 5 heteroatoms. The van der Waals surface area contributed by atoms with Gasteiger partial charge in [0.25, 0.3) is 5.91 Å². The first-order chi connectivity index (χ1) is 7.27. The topological polar surface area (TPSA) is 55.3 Å². The molecule has 1 aromatic rings. The summed E-state index contributed by atoms with van der Waals surface area (Å²) < 4.78 is 5.18. The van der Waals surface area contributed by atoms with Crippen LogP contribution in [0.25, 0.3) is 0 Å². The Bertz CT molecular complexity index is 361. The Hall–Kier alpha value is -1.49. The quantitative estimate of drug-likeness (QED) is 0.662. The standard InChI is InChI=1S/C10H13N3O2/c1-8-6-9(12-7-11-8)10(14)13-2-4-15-5-3-13/h6-7H,2-5H2,1H3. The molecule has 0 radical (unpaired) electrons. The number of aromatic nitrogens is 2. The highest BCUT2D eigenvalue weighted by molar-refractivity contribution is 5.92. The molecule has 1 amide bonds. The van der Waals surface area contributed by atoms with Crippen LogP contribution in [0.5, 0.6) is 0 Å². The van der Waals surface area contributed by atoms with E-state index in [1.807, 2.05) is 6.92 Å². The van der Waals surface area contributed by atoms with Gasteiger partial charge in [0.1, 0.15) is 12.0 Å². The van der Waals surface area contributed by atoms with Crippen molar-refractivity contribution >= 4 is 5.91 Å². The van der Waals surface area contributed by atoms with Crippen molar-refractivity contribution in [2.45, 2.75) is 6.92 Å². The molecule has 1 aliphatic heterocycles. The highest BCUT2D eigenvalue weighted by Crippen LogP contribution is 2.05. The summed E-state index contributed by atoms with van der Waals surface area (Å²) in [6.07, 6.45) is 1.42. The molecular weight excluding hydrogens is 194 g/mol. The normalized spacial score (nSPS) is 16.5. The van der Waals surface area contributed by atoms with Gasteiger partial charge in [0, 0.05) is 18.8 Å². The third-order valence-corrected chi connectivity index (χ3v) is 2.32. The van der Waals surface area contributed by atoms with Gasteiger partial charge in [-0.05, 0) is 13.0 Å². The fraction of sp³-hybridized carbons (Fsp3) is 0.500. The summed E-state index contributed by atoms with van der Waals surface area (Å²) in [5, 5.41) is 0. The van der Waals surface area contributed by atoms with Crippen LogP contribution >= 0.6 is 0 Å². The number of morpholine rings is 1. The van der Waals surface area contributed by atoms with Crippen molar-refractivity contribution in [3.8, 4) is 0 Å². The second kappa shape index (κ2) is 4.35. The zero-order valence-electron chi connectivity index (χ0n) is 8.64. The first kappa shape index (κ1) is 10.0. The Morgan fingerprint density at radius 3 is 2.80 bits per heavy atom. The molecule has 0 spiro atoms. The molecular formula is C10H13N3O2. The van der Waals surface area contributed by atoms with E-state index in [2.05, 4.69) is 9.97 Å².